The van der Waals surface area contributed by atoms with Crippen LogP contribution >= 0.6 is 46.6 Å². The van der Waals surface area contributed by atoms with Crippen molar-refractivity contribution in [3.05, 3.63) is 129 Å². The summed E-state index contributed by atoms with van der Waals surface area (Å²) in [7, 11) is -4.08. The van der Waals surface area contributed by atoms with Crippen LogP contribution in [0.4, 0.5) is 0 Å². The van der Waals surface area contributed by atoms with Crippen LogP contribution in [0.2, 0.25) is 15.1 Å². The number of benzene rings is 4. The Bertz CT molecular complexity index is 1880. The van der Waals surface area contributed by atoms with Gasteiger partial charge in [-0.3, -0.25) is 4.57 Å². The van der Waals surface area contributed by atoms with E-state index in [1.165, 1.54) is 24.3 Å². The third-order valence-corrected chi connectivity index (χ3v) is 9.24. The van der Waals surface area contributed by atoms with Crippen molar-refractivity contribution in [1.82, 2.24) is 14.8 Å². The minimum Gasteiger partial charge on any atom is -0.484 e. The molecule has 0 spiro atoms. The van der Waals surface area contributed by atoms with E-state index in [0.29, 0.717) is 37.4 Å². The largest absolute Gasteiger partial charge is 0.484 e. The molecular weight excluding hydrogens is 635 g/mol. The van der Waals surface area contributed by atoms with Crippen LogP contribution in [0.5, 0.6) is 5.75 Å². The summed E-state index contributed by atoms with van der Waals surface area (Å²) in [6, 6.07) is 25.9. The number of nitrogens with zero attached hydrogens (tertiary/aromatic N) is 4. The van der Waals surface area contributed by atoms with Crippen molar-refractivity contribution in [1.29, 1.82) is 0 Å². The van der Waals surface area contributed by atoms with Crippen molar-refractivity contribution in [2.24, 2.45) is 4.40 Å². The molecule has 1 aromatic heterocycles. The van der Waals surface area contributed by atoms with Crippen molar-refractivity contribution in [2.75, 3.05) is 0 Å². The fourth-order valence-corrected chi connectivity index (χ4v) is 6.71. The molecule has 12 heteroatoms. The lowest BCUT2D eigenvalue weighted by Crippen LogP contribution is -2.10. The molecule has 0 saturated heterocycles. The lowest BCUT2D eigenvalue weighted by molar-refractivity contribution is 0.293. The van der Waals surface area contributed by atoms with Crippen LogP contribution in [-0.4, -0.2) is 28.2 Å². The van der Waals surface area contributed by atoms with E-state index in [-0.39, 0.29) is 16.5 Å². The van der Waals surface area contributed by atoms with Gasteiger partial charge >= 0.3 is 0 Å². The summed E-state index contributed by atoms with van der Waals surface area (Å²) in [6.07, 6.45) is 0. The van der Waals surface area contributed by atoms with Crippen LogP contribution in [-0.2, 0) is 16.6 Å². The maximum atomic E-state index is 13.4. The van der Waals surface area contributed by atoms with Crippen LogP contribution < -0.4 is 4.74 Å². The molecular formula is C30H23Cl3N4O3S2. The predicted molar refractivity (Wildman–Crippen MR) is 169 cm³/mol. The zero-order chi connectivity index (χ0) is 29.9. The summed E-state index contributed by atoms with van der Waals surface area (Å²) in [6.45, 7) is 3.99. The minimum atomic E-state index is -4.08. The van der Waals surface area contributed by atoms with E-state index >= 15 is 0 Å². The van der Waals surface area contributed by atoms with Gasteiger partial charge < -0.3 is 4.74 Å². The molecule has 0 atom stereocenters. The summed E-state index contributed by atoms with van der Waals surface area (Å²) in [5.74, 6) is 0.913. The molecule has 1 heterocycles. The van der Waals surface area contributed by atoms with Crippen LogP contribution in [0.3, 0.4) is 0 Å². The fraction of sp³-hybridized carbons (Fsp3) is 0.100. The third kappa shape index (κ3) is 6.99. The van der Waals surface area contributed by atoms with Crippen molar-refractivity contribution >= 4 is 61.6 Å². The molecule has 0 aliphatic rings. The van der Waals surface area contributed by atoms with E-state index < -0.39 is 10.0 Å². The summed E-state index contributed by atoms with van der Waals surface area (Å²) in [5.41, 5.74) is 3.40. The molecule has 5 aromatic rings. The SMILES string of the molecule is Cc1ccc(C)c(-n2c(COc3ccc(Cl)cc3Cl)nnc2S/C(=N\S(=O)(=O)c2ccc(Cl)cc2)c2ccccc2)c1. The molecule has 0 fully saturated rings. The molecule has 4 aromatic carbocycles. The first-order valence-electron chi connectivity index (χ1n) is 12.5. The van der Waals surface area contributed by atoms with Crippen molar-refractivity contribution in [3.8, 4) is 11.4 Å². The third-order valence-electron chi connectivity index (χ3n) is 6.08. The number of sulfonamides is 1. The van der Waals surface area contributed by atoms with E-state index in [4.69, 9.17) is 39.5 Å². The highest BCUT2D eigenvalue weighted by atomic mass is 35.5. The Morgan fingerprint density at radius 2 is 1.60 bits per heavy atom. The Kier molecular flexibility index (Phi) is 9.25. The van der Waals surface area contributed by atoms with Gasteiger partial charge in [-0.25, -0.2) is 0 Å². The Hall–Kier alpha value is -3.34. The average molecular weight is 658 g/mol. The average Bonchev–Trinajstić information content (AvgIpc) is 3.36. The zero-order valence-electron chi connectivity index (χ0n) is 22.3. The van der Waals surface area contributed by atoms with Crippen molar-refractivity contribution < 1.29 is 13.2 Å². The van der Waals surface area contributed by atoms with E-state index in [1.54, 1.807) is 30.3 Å². The van der Waals surface area contributed by atoms with Crippen LogP contribution in [0.1, 0.15) is 22.5 Å². The number of hydrogen-bond acceptors (Lipinski definition) is 6. The molecule has 0 unspecified atom stereocenters. The van der Waals surface area contributed by atoms with Crippen molar-refractivity contribution in [3.63, 3.8) is 0 Å². The maximum Gasteiger partial charge on any atom is 0.283 e. The number of aromatic nitrogens is 3. The normalized spacial score (nSPS) is 12.0. The smallest absolute Gasteiger partial charge is 0.283 e. The molecule has 7 nitrogen and oxygen atoms in total. The number of rotatable bonds is 8. The summed E-state index contributed by atoms with van der Waals surface area (Å²) in [5, 5.41) is 10.8. The lowest BCUT2D eigenvalue weighted by Gasteiger charge is -2.15. The summed E-state index contributed by atoms with van der Waals surface area (Å²) < 4.78 is 38.8. The topological polar surface area (TPSA) is 86.4 Å². The number of hydrogen-bond donors (Lipinski definition) is 0. The van der Waals surface area contributed by atoms with Gasteiger partial charge in [0.15, 0.2) is 5.82 Å². The van der Waals surface area contributed by atoms with Crippen LogP contribution in [0.15, 0.2) is 105 Å². The van der Waals surface area contributed by atoms with Gasteiger partial charge in [0.2, 0.25) is 5.16 Å². The molecule has 0 amide bonds. The highest BCUT2D eigenvalue weighted by Crippen LogP contribution is 2.32. The first-order chi connectivity index (χ1) is 20.1. The Morgan fingerprint density at radius 1 is 0.881 bits per heavy atom. The van der Waals surface area contributed by atoms with E-state index in [0.717, 1.165) is 28.6 Å². The molecule has 0 aliphatic carbocycles. The van der Waals surface area contributed by atoms with Crippen LogP contribution in [0.25, 0.3) is 5.69 Å². The Balaban J connectivity index is 1.60. The second-order valence-corrected chi connectivity index (χ2v) is 13.0. The van der Waals surface area contributed by atoms with Crippen LogP contribution in [0, 0.1) is 13.8 Å². The molecule has 0 radical (unpaired) electrons. The van der Waals surface area contributed by atoms with Gasteiger partial charge in [-0.05, 0) is 85.3 Å². The van der Waals surface area contributed by atoms with Gasteiger partial charge in [0.25, 0.3) is 10.0 Å². The predicted octanol–water partition coefficient (Wildman–Crippen LogP) is 8.35. The lowest BCUT2D eigenvalue weighted by atomic mass is 10.1. The minimum absolute atomic E-state index is 0.0193. The molecule has 0 saturated carbocycles. The van der Waals surface area contributed by atoms with E-state index in [2.05, 4.69) is 14.6 Å². The van der Waals surface area contributed by atoms with Gasteiger partial charge in [0, 0.05) is 15.6 Å². The second kappa shape index (κ2) is 12.9. The van der Waals surface area contributed by atoms with E-state index in [9.17, 15) is 8.42 Å². The highest BCUT2D eigenvalue weighted by molar-refractivity contribution is 8.15. The fourth-order valence-electron chi connectivity index (χ4n) is 3.96. The second-order valence-electron chi connectivity index (χ2n) is 9.18. The zero-order valence-corrected chi connectivity index (χ0v) is 26.2. The molecule has 214 valence electrons. The summed E-state index contributed by atoms with van der Waals surface area (Å²) in [4.78, 5) is 0.0193. The van der Waals surface area contributed by atoms with Gasteiger partial charge in [0.1, 0.15) is 17.4 Å². The number of thioether (sulfide) groups is 1. The van der Waals surface area contributed by atoms with Gasteiger partial charge in [-0.15, -0.1) is 10.2 Å². The summed E-state index contributed by atoms with van der Waals surface area (Å²) >= 11 is 19.4. The number of halogens is 3. The standard InChI is InChI=1S/C30H23Cl3N4O3S2/c1-19-8-9-20(2)26(16-19)37-28(18-40-27-15-12-23(32)17-25(27)33)34-35-30(37)41-29(21-6-4-3-5-7-21)36-42(38,39)24-13-10-22(31)11-14-24/h3-17H,18H2,1-2H3/b36-29-. The molecule has 0 N–H and O–H groups in total. The molecule has 5 rings (SSSR count). The first kappa shape index (κ1) is 30.1. The monoisotopic (exact) mass is 656 g/mol. The Morgan fingerprint density at radius 3 is 2.31 bits per heavy atom. The van der Waals surface area contributed by atoms with Gasteiger partial charge in [0.05, 0.1) is 15.6 Å². The highest BCUT2D eigenvalue weighted by Gasteiger charge is 2.22. The van der Waals surface area contributed by atoms with E-state index in [1.807, 2.05) is 54.8 Å². The quantitative estimate of drug-likeness (QED) is 0.0947. The Labute approximate surface area is 263 Å². The molecule has 0 bridgehead atoms. The van der Waals surface area contributed by atoms with Gasteiger partial charge in [-0.1, -0.05) is 77.3 Å². The first-order valence-corrected chi connectivity index (χ1v) is 15.9. The maximum absolute atomic E-state index is 13.4. The van der Waals surface area contributed by atoms with Crippen molar-refractivity contribution in [2.45, 2.75) is 30.5 Å². The van der Waals surface area contributed by atoms with Gasteiger partial charge in [-0.2, -0.15) is 12.8 Å². The molecule has 42 heavy (non-hydrogen) atoms. The number of aryl methyl sites for hydroxylation is 2. The molecule has 0 aliphatic heterocycles. The number of ether oxygens (including phenoxy) is 1.